The second-order valence-electron chi connectivity index (χ2n) is 3.16. The van der Waals surface area contributed by atoms with E-state index in [9.17, 15) is 0 Å². The zero-order valence-electron chi connectivity index (χ0n) is 8.68. The van der Waals surface area contributed by atoms with E-state index in [1.165, 1.54) is 11.8 Å². The molecule has 0 amide bonds. The predicted octanol–water partition coefficient (Wildman–Crippen LogP) is 4.22. The SMILES string of the molecule is CSc1cc(/C=C/c2ccc(Cl)cc2)no1. The highest BCUT2D eigenvalue weighted by molar-refractivity contribution is 7.98. The first-order chi connectivity index (χ1) is 7.78. The largest absolute Gasteiger partial charge is 0.349 e. The van der Waals surface area contributed by atoms with E-state index in [2.05, 4.69) is 5.16 Å². The summed E-state index contributed by atoms with van der Waals surface area (Å²) in [6, 6.07) is 9.52. The minimum atomic E-state index is 0.739. The zero-order valence-corrected chi connectivity index (χ0v) is 10.3. The number of hydrogen-bond acceptors (Lipinski definition) is 3. The molecule has 0 aliphatic heterocycles. The fraction of sp³-hybridized carbons (Fsp3) is 0.0833. The average Bonchev–Trinajstić information content (AvgIpc) is 2.76. The second-order valence-corrected chi connectivity index (χ2v) is 4.41. The normalized spacial score (nSPS) is 11.1. The van der Waals surface area contributed by atoms with Crippen LogP contribution in [0.1, 0.15) is 11.3 Å². The molecule has 2 rings (SSSR count). The molecule has 0 atom stereocenters. The zero-order chi connectivity index (χ0) is 11.4. The highest BCUT2D eigenvalue weighted by Gasteiger charge is 1.98. The number of rotatable bonds is 3. The summed E-state index contributed by atoms with van der Waals surface area (Å²) in [6.45, 7) is 0. The Labute approximate surface area is 103 Å². The Morgan fingerprint density at radius 1 is 1.25 bits per heavy atom. The van der Waals surface area contributed by atoms with Gasteiger partial charge in [-0.3, -0.25) is 0 Å². The molecule has 1 aromatic heterocycles. The van der Waals surface area contributed by atoms with E-state index in [-0.39, 0.29) is 0 Å². The Hall–Kier alpha value is -1.19. The monoisotopic (exact) mass is 251 g/mol. The first kappa shape index (κ1) is 11.3. The molecule has 1 aromatic carbocycles. The van der Waals surface area contributed by atoms with Crippen LogP contribution >= 0.6 is 23.4 Å². The summed E-state index contributed by atoms with van der Waals surface area (Å²) in [6.07, 6.45) is 5.83. The maximum Gasteiger partial charge on any atom is 0.193 e. The lowest BCUT2D eigenvalue weighted by molar-refractivity contribution is 0.349. The van der Waals surface area contributed by atoms with Gasteiger partial charge in [-0.1, -0.05) is 46.7 Å². The third-order valence-electron chi connectivity index (χ3n) is 2.02. The number of nitrogens with zero attached hydrogens (tertiary/aromatic N) is 1. The van der Waals surface area contributed by atoms with Crippen molar-refractivity contribution >= 4 is 35.5 Å². The molecule has 0 N–H and O–H groups in total. The Bertz CT molecular complexity index is 490. The predicted molar refractivity (Wildman–Crippen MR) is 68.7 cm³/mol. The maximum atomic E-state index is 5.80. The Kier molecular flexibility index (Phi) is 3.70. The van der Waals surface area contributed by atoms with Gasteiger partial charge in [0.25, 0.3) is 0 Å². The van der Waals surface area contributed by atoms with Crippen molar-refractivity contribution in [3.63, 3.8) is 0 Å². The van der Waals surface area contributed by atoms with Crippen molar-refractivity contribution in [3.05, 3.63) is 46.6 Å². The van der Waals surface area contributed by atoms with Crippen LogP contribution in [0, 0.1) is 0 Å². The van der Waals surface area contributed by atoms with Crippen molar-refractivity contribution in [2.24, 2.45) is 0 Å². The number of halogens is 1. The lowest BCUT2D eigenvalue weighted by atomic mass is 10.2. The number of benzene rings is 1. The van der Waals surface area contributed by atoms with Crippen molar-refractivity contribution in [3.8, 4) is 0 Å². The molecule has 2 aromatic rings. The van der Waals surface area contributed by atoms with Crippen LogP contribution in [0.3, 0.4) is 0 Å². The first-order valence-corrected chi connectivity index (χ1v) is 6.32. The van der Waals surface area contributed by atoms with E-state index < -0.39 is 0 Å². The third-order valence-corrected chi connectivity index (χ3v) is 2.87. The van der Waals surface area contributed by atoms with Gasteiger partial charge in [0.1, 0.15) is 5.69 Å². The van der Waals surface area contributed by atoms with Crippen LogP contribution in [0.25, 0.3) is 12.2 Å². The molecule has 0 fully saturated rings. The van der Waals surface area contributed by atoms with Gasteiger partial charge >= 0.3 is 0 Å². The van der Waals surface area contributed by atoms with Crippen molar-refractivity contribution in [2.75, 3.05) is 6.26 Å². The van der Waals surface area contributed by atoms with Gasteiger partial charge in [-0.15, -0.1) is 0 Å². The highest BCUT2D eigenvalue weighted by Crippen LogP contribution is 2.17. The summed E-state index contributed by atoms with van der Waals surface area (Å²) >= 11 is 7.33. The maximum absolute atomic E-state index is 5.80. The van der Waals surface area contributed by atoms with Crippen LogP contribution < -0.4 is 0 Å². The molecule has 0 saturated heterocycles. The molecular weight excluding hydrogens is 242 g/mol. The van der Waals surface area contributed by atoms with Gasteiger partial charge in [0, 0.05) is 11.1 Å². The molecule has 0 unspecified atom stereocenters. The summed E-state index contributed by atoms with van der Waals surface area (Å²) in [5, 5.41) is 5.47. The minimum absolute atomic E-state index is 0.739. The lowest BCUT2D eigenvalue weighted by Gasteiger charge is -1.91. The Morgan fingerprint density at radius 2 is 2.00 bits per heavy atom. The molecule has 0 aliphatic carbocycles. The quantitative estimate of drug-likeness (QED) is 0.764. The molecule has 4 heteroatoms. The van der Waals surface area contributed by atoms with Crippen LogP contribution in [-0.2, 0) is 0 Å². The number of thioether (sulfide) groups is 1. The topological polar surface area (TPSA) is 26.0 Å². The van der Waals surface area contributed by atoms with Crippen molar-refractivity contribution < 1.29 is 4.52 Å². The van der Waals surface area contributed by atoms with Gasteiger partial charge in [0.15, 0.2) is 5.09 Å². The Morgan fingerprint density at radius 3 is 2.62 bits per heavy atom. The summed E-state index contributed by atoms with van der Waals surface area (Å²) in [4.78, 5) is 0. The van der Waals surface area contributed by atoms with Crippen LogP contribution in [-0.4, -0.2) is 11.4 Å². The summed E-state index contributed by atoms with van der Waals surface area (Å²) in [5.41, 5.74) is 1.90. The van der Waals surface area contributed by atoms with Crippen LogP contribution in [0.4, 0.5) is 0 Å². The van der Waals surface area contributed by atoms with E-state index >= 15 is 0 Å². The third kappa shape index (κ3) is 2.90. The van der Waals surface area contributed by atoms with Gasteiger partial charge in [0.2, 0.25) is 0 Å². The van der Waals surface area contributed by atoms with Crippen LogP contribution in [0.15, 0.2) is 39.9 Å². The van der Waals surface area contributed by atoms with Gasteiger partial charge in [-0.25, -0.2) is 0 Å². The average molecular weight is 252 g/mol. The van der Waals surface area contributed by atoms with E-state index in [1.54, 1.807) is 0 Å². The summed E-state index contributed by atoms with van der Waals surface area (Å²) < 4.78 is 5.06. The molecule has 16 heavy (non-hydrogen) atoms. The van der Waals surface area contributed by atoms with Gasteiger partial charge in [-0.05, 0) is 30.0 Å². The van der Waals surface area contributed by atoms with E-state index in [0.717, 1.165) is 21.4 Å². The Balaban J connectivity index is 2.11. The van der Waals surface area contributed by atoms with Crippen molar-refractivity contribution in [2.45, 2.75) is 5.09 Å². The standard InChI is InChI=1S/C12H10ClNOS/c1-16-12-8-11(14-15-12)7-4-9-2-5-10(13)6-3-9/h2-8H,1H3/b7-4+. The molecule has 0 radical (unpaired) electrons. The van der Waals surface area contributed by atoms with Crippen LogP contribution in [0.5, 0.6) is 0 Å². The van der Waals surface area contributed by atoms with E-state index in [4.69, 9.17) is 16.1 Å². The lowest BCUT2D eigenvalue weighted by Crippen LogP contribution is -1.71. The molecule has 0 spiro atoms. The number of aromatic nitrogens is 1. The van der Waals surface area contributed by atoms with Crippen molar-refractivity contribution in [1.82, 2.24) is 5.16 Å². The first-order valence-electron chi connectivity index (χ1n) is 4.72. The van der Waals surface area contributed by atoms with E-state index in [1.807, 2.05) is 48.7 Å². The molecular formula is C12H10ClNOS. The smallest absolute Gasteiger partial charge is 0.193 e. The van der Waals surface area contributed by atoms with Crippen LogP contribution in [0.2, 0.25) is 5.02 Å². The highest BCUT2D eigenvalue weighted by atomic mass is 35.5. The minimum Gasteiger partial charge on any atom is -0.349 e. The summed E-state index contributed by atoms with van der Waals surface area (Å²) in [5.74, 6) is 0. The molecule has 0 saturated carbocycles. The number of hydrogen-bond donors (Lipinski definition) is 0. The fourth-order valence-electron chi connectivity index (χ4n) is 1.20. The molecule has 2 nitrogen and oxygen atoms in total. The van der Waals surface area contributed by atoms with Gasteiger partial charge < -0.3 is 4.52 Å². The molecule has 0 bridgehead atoms. The van der Waals surface area contributed by atoms with E-state index in [0.29, 0.717) is 0 Å². The fourth-order valence-corrected chi connectivity index (χ4v) is 1.68. The molecule has 0 aliphatic rings. The summed E-state index contributed by atoms with van der Waals surface area (Å²) in [7, 11) is 0. The second kappa shape index (κ2) is 5.23. The molecule has 82 valence electrons. The van der Waals surface area contributed by atoms with Gasteiger partial charge in [-0.2, -0.15) is 0 Å². The van der Waals surface area contributed by atoms with Gasteiger partial charge in [0.05, 0.1) is 0 Å². The molecule has 1 heterocycles. The van der Waals surface area contributed by atoms with Crippen molar-refractivity contribution in [1.29, 1.82) is 0 Å².